The summed E-state index contributed by atoms with van der Waals surface area (Å²) >= 11 is 0. The summed E-state index contributed by atoms with van der Waals surface area (Å²) in [4.78, 5) is 25.6. The number of aryl methyl sites for hydroxylation is 1. The van der Waals surface area contributed by atoms with Gasteiger partial charge in [0.1, 0.15) is 12.9 Å². The lowest BCUT2D eigenvalue weighted by molar-refractivity contribution is 0.364. The SMILES string of the molecule is Cn1cnc2ncn(Cc3nc([C@H]4[C@@H]5C=C(c6ccccc6)C[C@@H]54)no3)c(=O)c21. The number of hydrogen-bond donors (Lipinski definition) is 0. The molecule has 0 spiro atoms. The topological polar surface area (TPSA) is 91.6 Å². The zero-order chi connectivity index (χ0) is 19.5. The molecule has 2 aliphatic carbocycles. The first-order valence-electron chi connectivity index (χ1n) is 9.64. The quantitative estimate of drug-likeness (QED) is 0.535. The van der Waals surface area contributed by atoms with E-state index in [4.69, 9.17) is 4.52 Å². The van der Waals surface area contributed by atoms with Crippen molar-refractivity contribution >= 4 is 16.7 Å². The van der Waals surface area contributed by atoms with E-state index in [-0.39, 0.29) is 12.1 Å². The van der Waals surface area contributed by atoms with Gasteiger partial charge < -0.3 is 9.09 Å². The third-order valence-corrected chi connectivity index (χ3v) is 6.01. The van der Waals surface area contributed by atoms with E-state index in [0.29, 0.717) is 34.8 Å². The molecule has 1 aromatic carbocycles. The Kier molecular flexibility index (Phi) is 3.38. The van der Waals surface area contributed by atoms with Crippen LogP contribution in [0.3, 0.4) is 0 Å². The van der Waals surface area contributed by atoms with Gasteiger partial charge in [0.05, 0.1) is 6.33 Å². The Labute approximate surface area is 165 Å². The highest BCUT2D eigenvalue weighted by atomic mass is 16.5. The van der Waals surface area contributed by atoms with E-state index in [1.807, 2.05) is 6.07 Å². The molecule has 1 saturated carbocycles. The van der Waals surface area contributed by atoms with Gasteiger partial charge in [-0.25, -0.2) is 9.97 Å². The Morgan fingerprint density at radius 2 is 2.00 bits per heavy atom. The normalized spacial score (nSPS) is 22.7. The van der Waals surface area contributed by atoms with Crippen LogP contribution in [0.5, 0.6) is 0 Å². The zero-order valence-electron chi connectivity index (χ0n) is 15.8. The minimum absolute atomic E-state index is 0.173. The number of hydrogen-bond acceptors (Lipinski definition) is 6. The first-order valence-corrected chi connectivity index (χ1v) is 9.64. The predicted molar refractivity (Wildman–Crippen MR) is 105 cm³/mol. The molecule has 4 aromatic rings. The minimum atomic E-state index is -0.173. The maximum absolute atomic E-state index is 12.7. The van der Waals surface area contributed by atoms with Crippen LogP contribution in [0, 0.1) is 11.8 Å². The highest BCUT2D eigenvalue weighted by Crippen LogP contribution is 2.62. The molecule has 8 nitrogen and oxygen atoms in total. The van der Waals surface area contributed by atoms with Crippen molar-refractivity contribution in [1.82, 2.24) is 29.2 Å². The number of imidazole rings is 1. The molecule has 3 atom stereocenters. The van der Waals surface area contributed by atoms with Crippen LogP contribution in [0.25, 0.3) is 16.7 Å². The summed E-state index contributed by atoms with van der Waals surface area (Å²) in [5.41, 5.74) is 3.43. The molecule has 0 bridgehead atoms. The lowest BCUT2D eigenvalue weighted by Crippen LogP contribution is -2.22. The van der Waals surface area contributed by atoms with Crippen molar-refractivity contribution in [2.24, 2.45) is 18.9 Å². The highest BCUT2D eigenvalue weighted by Gasteiger charge is 2.55. The number of aromatic nitrogens is 6. The van der Waals surface area contributed by atoms with E-state index < -0.39 is 0 Å². The van der Waals surface area contributed by atoms with Crippen molar-refractivity contribution in [3.8, 4) is 0 Å². The molecule has 3 heterocycles. The lowest BCUT2D eigenvalue weighted by atomic mass is 10.0. The molecule has 8 heteroatoms. The van der Waals surface area contributed by atoms with Crippen molar-refractivity contribution in [2.75, 3.05) is 0 Å². The standard InChI is InChI=1S/C21H18N6O2/c1-26-10-22-20-18(26)21(28)27(11-23-20)9-16-24-19(25-29-16)17-14-7-13(8-15(14)17)12-5-3-2-4-6-12/h2-7,10-11,14-15,17H,8-9H2,1H3/t14-,15+,17+/m1/s1. The highest BCUT2D eigenvalue weighted by molar-refractivity contribution is 5.70. The van der Waals surface area contributed by atoms with Crippen LogP contribution in [0.15, 0.2) is 58.4 Å². The van der Waals surface area contributed by atoms with E-state index in [2.05, 4.69) is 50.5 Å². The van der Waals surface area contributed by atoms with Crippen LogP contribution in [0.4, 0.5) is 0 Å². The summed E-state index contributed by atoms with van der Waals surface area (Å²) in [6.45, 7) is 0.201. The predicted octanol–water partition coefficient (Wildman–Crippen LogP) is 2.38. The largest absolute Gasteiger partial charge is 0.337 e. The second-order valence-corrected chi connectivity index (χ2v) is 7.78. The number of allylic oxidation sites excluding steroid dienone is 2. The van der Waals surface area contributed by atoms with Gasteiger partial charge in [-0.3, -0.25) is 9.36 Å². The molecule has 0 aliphatic heterocycles. The molecule has 144 valence electrons. The Balaban J connectivity index is 1.22. The fraction of sp³-hybridized carbons (Fsp3) is 0.286. The number of fused-ring (bicyclic) bond motifs is 2. The van der Waals surface area contributed by atoms with Crippen LogP contribution in [-0.4, -0.2) is 29.2 Å². The Morgan fingerprint density at radius 3 is 2.79 bits per heavy atom. The monoisotopic (exact) mass is 386 g/mol. The molecule has 0 unspecified atom stereocenters. The fourth-order valence-corrected chi connectivity index (χ4v) is 4.47. The van der Waals surface area contributed by atoms with Crippen molar-refractivity contribution < 1.29 is 4.52 Å². The van der Waals surface area contributed by atoms with Crippen LogP contribution >= 0.6 is 0 Å². The van der Waals surface area contributed by atoms with Crippen molar-refractivity contribution in [3.05, 3.63) is 76.7 Å². The van der Waals surface area contributed by atoms with Crippen LogP contribution < -0.4 is 5.56 Å². The van der Waals surface area contributed by atoms with Gasteiger partial charge in [-0.1, -0.05) is 41.6 Å². The average molecular weight is 386 g/mol. The Hall–Kier alpha value is -3.55. The van der Waals surface area contributed by atoms with Crippen LogP contribution in [0.1, 0.15) is 29.6 Å². The summed E-state index contributed by atoms with van der Waals surface area (Å²) in [7, 11) is 1.77. The first kappa shape index (κ1) is 16.4. The molecule has 0 saturated heterocycles. The summed E-state index contributed by atoms with van der Waals surface area (Å²) < 4.78 is 8.58. The van der Waals surface area contributed by atoms with Gasteiger partial charge in [-0.05, 0) is 29.4 Å². The van der Waals surface area contributed by atoms with Gasteiger partial charge in [-0.2, -0.15) is 4.98 Å². The number of benzene rings is 1. The summed E-state index contributed by atoms with van der Waals surface area (Å²) in [5.74, 6) is 2.50. The summed E-state index contributed by atoms with van der Waals surface area (Å²) in [5, 5.41) is 4.19. The van der Waals surface area contributed by atoms with Gasteiger partial charge in [0, 0.05) is 13.0 Å². The Bertz CT molecular complexity index is 1320. The second kappa shape index (κ2) is 5.97. The lowest BCUT2D eigenvalue weighted by Gasteiger charge is -2.04. The van der Waals surface area contributed by atoms with Crippen molar-refractivity contribution in [1.29, 1.82) is 0 Å². The zero-order valence-corrected chi connectivity index (χ0v) is 15.8. The minimum Gasteiger partial charge on any atom is -0.337 e. The third kappa shape index (κ3) is 2.55. The molecule has 29 heavy (non-hydrogen) atoms. The maximum Gasteiger partial charge on any atom is 0.280 e. The van der Waals surface area contributed by atoms with Crippen LogP contribution in [-0.2, 0) is 13.6 Å². The molecular formula is C21H18N6O2. The maximum atomic E-state index is 12.7. The van der Waals surface area contributed by atoms with Crippen molar-refractivity contribution in [3.63, 3.8) is 0 Å². The fourth-order valence-electron chi connectivity index (χ4n) is 4.47. The van der Waals surface area contributed by atoms with Gasteiger partial charge in [0.15, 0.2) is 17.0 Å². The van der Waals surface area contributed by atoms with Gasteiger partial charge in [0.25, 0.3) is 5.56 Å². The van der Waals surface area contributed by atoms with Crippen LogP contribution in [0.2, 0.25) is 0 Å². The number of rotatable bonds is 4. The number of nitrogens with zero attached hydrogens (tertiary/aromatic N) is 6. The van der Waals surface area contributed by atoms with E-state index in [1.54, 1.807) is 17.9 Å². The van der Waals surface area contributed by atoms with E-state index in [9.17, 15) is 4.79 Å². The van der Waals surface area contributed by atoms with Gasteiger partial charge in [-0.15, -0.1) is 0 Å². The molecule has 2 aliphatic rings. The molecule has 0 N–H and O–H groups in total. The third-order valence-electron chi connectivity index (χ3n) is 6.01. The molecule has 0 radical (unpaired) electrons. The van der Waals surface area contributed by atoms with Crippen molar-refractivity contribution in [2.45, 2.75) is 18.9 Å². The average Bonchev–Trinajstić information content (AvgIpc) is 3.16. The summed E-state index contributed by atoms with van der Waals surface area (Å²) in [6.07, 6.45) is 6.45. The molecule has 0 amide bonds. The molecule has 6 rings (SSSR count). The first-order chi connectivity index (χ1) is 14.2. The van der Waals surface area contributed by atoms with E-state index in [1.165, 1.54) is 22.0 Å². The molecule has 3 aromatic heterocycles. The molecule has 1 fully saturated rings. The second-order valence-electron chi connectivity index (χ2n) is 7.78. The molecular weight excluding hydrogens is 368 g/mol. The summed E-state index contributed by atoms with van der Waals surface area (Å²) in [6, 6.07) is 10.5. The van der Waals surface area contributed by atoms with Gasteiger partial charge in [0.2, 0.25) is 5.89 Å². The van der Waals surface area contributed by atoms with E-state index in [0.717, 1.165) is 12.2 Å². The van der Waals surface area contributed by atoms with Gasteiger partial charge >= 0.3 is 0 Å². The van der Waals surface area contributed by atoms with E-state index >= 15 is 0 Å². The Morgan fingerprint density at radius 1 is 1.17 bits per heavy atom. The smallest absolute Gasteiger partial charge is 0.280 e.